The Bertz CT molecular complexity index is 1560. The first-order valence-corrected chi connectivity index (χ1v) is 13.5. The van der Waals surface area contributed by atoms with Crippen molar-refractivity contribution >= 4 is 40.7 Å². The van der Waals surface area contributed by atoms with Crippen molar-refractivity contribution in [3.63, 3.8) is 0 Å². The predicted molar refractivity (Wildman–Crippen MR) is 154 cm³/mol. The normalized spacial score (nSPS) is 23.3. The van der Waals surface area contributed by atoms with Crippen LogP contribution in [0.1, 0.15) is 54.6 Å². The van der Waals surface area contributed by atoms with Crippen molar-refractivity contribution in [1.82, 2.24) is 10.3 Å². The first kappa shape index (κ1) is 28.5. The van der Waals surface area contributed by atoms with Crippen molar-refractivity contribution in [2.45, 2.75) is 50.6 Å². The van der Waals surface area contributed by atoms with Gasteiger partial charge < -0.3 is 26.4 Å². The summed E-state index contributed by atoms with van der Waals surface area (Å²) in [5.41, 5.74) is 5.49. The van der Waals surface area contributed by atoms with Crippen LogP contribution in [0, 0.1) is 11.2 Å². The average Bonchev–Trinajstić information content (AvgIpc) is 3.40. The molecule has 3 heterocycles. The van der Waals surface area contributed by atoms with Crippen molar-refractivity contribution in [1.29, 1.82) is 0 Å². The van der Waals surface area contributed by atoms with E-state index in [0.29, 0.717) is 17.7 Å². The van der Waals surface area contributed by atoms with Gasteiger partial charge in [-0.1, -0.05) is 44.5 Å². The van der Waals surface area contributed by atoms with Gasteiger partial charge in [0.05, 0.1) is 23.9 Å². The number of methoxy groups -OCH3 is 1. The molecule has 1 saturated heterocycles. The van der Waals surface area contributed by atoms with Crippen LogP contribution in [0.5, 0.6) is 5.75 Å². The number of primary amides is 1. The highest BCUT2D eigenvalue weighted by atomic mass is 35.5. The predicted octanol–water partition coefficient (Wildman–Crippen LogP) is 4.37. The van der Waals surface area contributed by atoms with Gasteiger partial charge in [0, 0.05) is 41.2 Å². The number of hydrogen-bond acceptors (Lipinski definition) is 6. The second-order valence-corrected chi connectivity index (χ2v) is 12.0. The van der Waals surface area contributed by atoms with Gasteiger partial charge in [-0.3, -0.25) is 19.4 Å². The second kappa shape index (κ2) is 10.4. The topological polar surface area (TPSA) is 135 Å². The quantitative estimate of drug-likeness (QED) is 0.342. The number of carbonyl (C=O) groups excluding carboxylic acids is 3. The van der Waals surface area contributed by atoms with Crippen LogP contribution < -0.4 is 26.4 Å². The molecule has 41 heavy (non-hydrogen) atoms. The van der Waals surface area contributed by atoms with Gasteiger partial charge in [0.2, 0.25) is 17.7 Å². The zero-order chi connectivity index (χ0) is 29.7. The van der Waals surface area contributed by atoms with E-state index in [1.807, 2.05) is 20.8 Å². The monoisotopic (exact) mass is 579 g/mol. The Balaban J connectivity index is 1.69. The molecular formula is C30H31ClFN5O4. The minimum Gasteiger partial charge on any atom is -0.495 e. The molecule has 3 amide bonds. The first-order valence-electron chi connectivity index (χ1n) is 13.1. The average molecular weight is 580 g/mol. The summed E-state index contributed by atoms with van der Waals surface area (Å²) in [6.45, 7) is 6.10. The van der Waals surface area contributed by atoms with E-state index in [1.54, 1.807) is 30.6 Å². The lowest BCUT2D eigenvalue weighted by Crippen LogP contribution is -2.49. The van der Waals surface area contributed by atoms with Crippen LogP contribution in [-0.2, 0) is 15.0 Å². The molecule has 1 fully saturated rings. The minimum absolute atomic E-state index is 0.121. The third-order valence-corrected chi connectivity index (χ3v) is 8.10. The van der Waals surface area contributed by atoms with Crippen LogP contribution in [0.2, 0.25) is 5.02 Å². The van der Waals surface area contributed by atoms with Gasteiger partial charge in [0.25, 0.3) is 0 Å². The molecule has 11 heteroatoms. The number of carbonyl (C=O) groups is 3. The molecule has 214 valence electrons. The Labute approximate surface area is 242 Å². The van der Waals surface area contributed by atoms with Gasteiger partial charge in [-0.25, -0.2) is 4.39 Å². The number of benzene rings is 2. The molecule has 9 nitrogen and oxygen atoms in total. The number of amides is 3. The highest BCUT2D eigenvalue weighted by Gasteiger charge is 2.66. The molecule has 0 bridgehead atoms. The van der Waals surface area contributed by atoms with Crippen LogP contribution in [0.15, 0.2) is 54.9 Å². The third kappa shape index (κ3) is 4.81. The highest BCUT2D eigenvalue weighted by molar-refractivity contribution is 6.30. The van der Waals surface area contributed by atoms with E-state index in [1.165, 1.54) is 31.4 Å². The van der Waals surface area contributed by atoms with E-state index in [0.717, 1.165) is 0 Å². The lowest BCUT2D eigenvalue weighted by molar-refractivity contribution is -0.122. The molecular weight excluding hydrogens is 549 g/mol. The molecule has 2 aliphatic heterocycles. The number of fused-ring (bicyclic) bond motifs is 2. The lowest BCUT2D eigenvalue weighted by atomic mass is 9.62. The maximum Gasteiger partial charge on any atom is 0.248 e. The van der Waals surface area contributed by atoms with Crippen molar-refractivity contribution in [3.05, 3.63) is 82.4 Å². The molecule has 5 rings (SSSR count). The number of nitrogens with zero attached hydrogens (tertiary/aromatic N) is 1. The molecule has 4 atom stereocenters. The fraction of sp³-hybridized carbons (Fsp3) is 0.333. The Kier molecular flexibility index (Phi) is 7.25. The number of nitrogens with two attached hydrogens (primary N) is 1. The van der Waals surface area contributed by atoms with Crippen molar-refractivity contribution in [2.75, 3.05) is 17.7 Å². The standard InChI is InChI=1S/C30H31ClFN5O4/c1-29(2,3)13-22-30(17-14-34-11-10-19(17)36-28(30)40)23(16-6-5-7-18(31)24(16)32)25(37-22)27(39)35-20-9-8-15(26(33)38)12-21(20)41-4/h5-12,14,22-23,25,37H,13H2,1-4H3,(H2,33,38)(H,35,39)(H,36,40)/t22-,23-,25+,30+/m0/s1. The van der Waals surface area contributed by atoms with E-state index in [4.69, 9.17) is 22.1 Å². The number of rotatable bonds is 6. The van der Waals surface area contributed by atoms with E-state index < -0.39 is 41.0 Å². The largest absolute Gasteiger partial charge is 0.495 e. The summed E-state index contributed by atoms with van der Waals surface area (Å²) in [6.07, 6.45) is 3.65. The number of aromatic nitrogens is 1. The fourth-order valence-corrected chi connectivity index (χ4v) is 6.34. The SMILES string of the molecule is COc1cc(C(N)=O)ccc1NC(=O)[C@@H]1N[C@@H](CC(C)(C)C)[C@@]2(C(=O)Nc3ccncc32)[C@H]1c1cccc(Cl)c1F. The zero-order valence-electron chi connectivity index (χ0n) is 23.0. The van der Waals surface area contributed by atoms with Crippen LogP contribution in [0.3, 0.4) is 0 Å². The number of anilines is 2. The van der Waals surface area contributed by atoms with E-state index in [2.05, 4.69) is 20.9 Å². The number of nitrogens with one attached hydrogen (secondary N) is 3. The molecule has 1 spiro atoms. The summed E-state index contributed by atoms with van der Waals surface area (Å²) in [4.78, 5) is 44.2. The molecule has 0 unspecified atom stereocenters. The minimum atomic E-state index is -1.38. The molecule has 1 aromatic heterocycles. The highest BCUT2D eigenvalue weighted by Crippen LogP contribution is 2.56. The van der Waals surface area contributed by atoms with Crippen LogP contribution in [0.25, 0.3) is 0 Å². The number of pyridine rings is 1. The number of hydrogen-bond donors (Lipinski definition) is 4. The number of ether oxygens (including phenoxy) is 1. The molecule has 0 saturated carbocycles. The summed E-state index contributed by atoms with van der Waals surface area (Å²) >= 11 is 6.24. The Morgan fingerprint density at radius 2 is 1.98 bits per heavy atom. The molecule has 3 aromatic rings. The van der Waals surface area contributed by atoms with E-state index in [-0.39, 0.29) is 38.9 Å². The lowest BCUT2D eigenvalue weighted by Gasteiger charge is -2.37. The summed E-state index contributed by atoms with van der Waals surface area (Å²) in [5, 5.41) is 9.09. The molecule has 0 aliphatic carbocycles. The second-order valence-electron chi connectivity index (χ2n) is 11.6. The first-order chi connectivity index (χ1) is 19.4. The molecule has 2 aromatic carbocycles. The molecule has 2 aliphatic rings. The van der Waals surface area contributed by atoms with Gasteiger partial charge >= 0.3 is 0 Å². The summed E-state index contributed by atoms with van der Waals surface area (Å²) in [7, 11) is 1.40. The Morgan fingerprint density at radius 3 is 2.66 bits per heavy atom. The summed E-state index contributed by atoms with van der Waals surface area (Å²) in [5.74, 6) is -3.03. The maximum absolute atomic E-state index is 15.9. The van der Waals surface area contributed by atoms with Gasteiger partial charge in [0.1, 0.15) is 17.0 Å². The zero-order valence-corrected chi connectivity index (χ0v) is 23.8. The van der Waals surface area contributed by atoms with Gasteiger partial charge in [-0.15, -0.1) is 0 Å². The van der Waals surface area contributed by atoms with Crippen molar-refractivity contribution in [2.24, 2.45) is 11.1 Å². The van der Waals surface area contributed by atoms with Gasteiger partial charge in [0.15, 0.2) is 0 Å². The Hall–Kier alpha value is -4.02. The molecule has 5 N–H and O–H groups in total. The van der Waals surface area contributed by atoms with Crippen LogP contribution >= 0.6 is 11.6 Å². The smallest absolute Gasteiger partial charge is 0.248 e. The van der Waals surface area contributed by atoms with E-state index in [9.17, 15) is 14.4 Å². The maximum atomic E-state index is 15.9. The summed E-state index contributed by atoms with van der Waals surface area (Å²) in [6, 6.07) is 9.01. The van der Waals surface area contributed by atoms with Crippen molar-refractivity contribution in [3.8, 4) is 5.75 Å². The van der Waals surface area contributed by atoms with Crippen molar-refractivity contribution < 1.29 is 23.5 Å². The number of halogens is 2. The summed E-state index contributed by atoms with van der Waals surface area (Å²) < 4.78 is 21.3. The van der Waals surface area contributed by atoms with Gasteiger partial charge in [-0.2, -0.15) is 0 Å². The third-order valence-electron chi connectivity index (χ3n) is 7.80. The van der Waals surface area contributed by atoms with E-state index >= 15 is 4.39 Å². The Morgan fingerprint density at radius 1 is 1.22 bits per heavy atom. The molecule has 0 radical (unpaired) electrons. The van der Waals surface area contributed by atoms with Crippen LogP contribution in [-0.4, -0.2) is 41.9 Å². The fourth-order valence-electron chi connectivity index (χ4n) is 6.16. The van der Waals surface area contributed by atoms with Gasteiger partial charge in [-0.05, 0) is 47.7 Å². The van der Waals surface area contributed by atoms with Crippen LogP contribution in [0.4, 0.5) is 15.8 Å².